The van der Waals surface area contributed by atoms with Crippen molar-refractivity contribution in [2.45, 2.75) is 52.7 Å². The maximum absolute atomic E-state index is 13.6. The number of aryl methyl sites for hydroxylation is 2. The minimum absolute atomic E-state index is 0. The Balaban J connectivity index is 0.00000336. The largest absolute Gasteiger partial charge is 0.321 e. The quantitative estimate of drug-likeness (QED) is 0.378. The van der Waals surface area contributed by atoms with Gasteiger partial charge in [-0.15, -0.1) is 17.5 Å². The summed E-state index contributed by atoms with van der Waals surface area (Å²) in [5.41, 5.74) is 4.58. The Bertz CT molecular complexity index is 1470. The fraction of sp³-hybridized carbons (Fsp3) is 0.429. The fourth-order valence-corrected chi connectivity index (χ4v) is 5.40. The van der Waals surface area contributed by atoms with E-state index in [0.29, 0.717) is 11.4 Å². The molecule has 0 amide bonds. The summed E-state index contributed by atoms with van der Waals surface area (Å²) in [6, 6.07) is 13.9. The summed E-state index contributed by atoms with van der Waals surface area (Å²) in [6.07, 6.45) is 0. The summed E-state index contributed by atoms with van der Waals surface area (Å²) < 4.78 is 1.85. The second-order valence-corrected chi connectivity index (χ2v) is 11.5. The molecule has 10 heteroatoms. The maximum atomic E-state index is 13.6. The predicted molar refractivity (Wildman–Crippen MR) is 154 cm³/mol. The van der Waals surface area contributed by atoms with Gasteiger partial charge >= 0.3 is 0 Å². The number of hydrogen-bond donors (Lipinski definition) is 1. The number of benzene rings is 2. The summed E-state index contributed by atoms with van der Waals surface area (Å²) in [6.45, 7) is 14.5. The van der Waals surface area contributed by atoms with Crippen molar-refractivity contribution in [1.82, 2.24) is 35.0 Å². The molecule has 1 aliphatic rings. The van der Waals surface area contributed by atoms with Crippen molar-refractivity contribution in [3.8, 4) is 0 Å². The van der Waals surface area contributed by atoms with E-state index in [1.807, 2.05) is 29.8 Å². The van der Waals surface area contributed by atoms with Gasteiger partial charge in [-0.05, 0) is 85.8 Å². The van der Waals surface area contributed by atoms with E-state index in [-0.39, 0.29) is 29.5 Å². The molecule has 1 aliphatic heterocycles. The Morgan fingerprint density at radius 3 is 2.37 bits per heavy atom. The third-order valence-corrected chi connectivity index (χ3v) is 7.33. The highest BCUT2D eigenvalue weighted by molar-refractivity contribution is 6.30. The highest BCUT2D eigenvalue weighted by Crippen LogP contribution is 2.31. The number of fused-ring (bicyclic) bond motifs is 1. The van der Waals surface area contributed by atoms with Gasteiger partial charge < -0.3 is 4.98 Å². The first-order chi connectivity index (χ1) is 17.6. The van der Waals surface area contributed by atoms with Crippen LogP contribution in [0.3, 0.4) is 0 Å². The highest BCUT2D eigenvalue weighted by atomic mass is 35.5. The van der Waals surface area contributed by atoms with Crippen molar-refractivity contribution in [3.63, 3.8) is 0 Å². The highest BCUT2D eigenvalue weighted by Gasteiger charge is 2.35. The van der Waals surface area contributed by atoms with Crippen molar-refractivity contribution in [2.75, 3.05) is 26.2 Å². The van der Waals surface area contributed by atoms with Crippen LogP contribution in [0.5, 0.6) is 0 Å². The Labute approximate surface area is 234 Å². The lowest BCUT2D eigenvalue weighted by Gasteiger charge is -2.39. The van der Waals surface area contributed by atoms with Gasteiger partial charge in [-0.1, -0.05) is 35.4 Å². The van der Waals surface area contributed by atoms with E-state index in [1.54, 1.807) is 0 Å². The Hall–Kier alpha value is -2.78. The first kappa shape index (κ1) is 28.2. The minimum atomic E-state index is -0.360. The molecule has 0 radical (unpaired) electrons. The predicted octanol–water partition coefficient (Wildman–Crippen LogP) is 4.87. The Morgan fingerprint density at radius 1 is 1.03 bits per heavy atom. The molecule has 5 rings (SSSR count). The van der Waals surface area contributed by atoms with Crippen LogP contribution in [0, 0.1) is 13.8 Å². The number of pyridine rings is 1. The molecule has 1 unspecified atom stereocenters. The van der Waals surface area contributed by atoms with Crippen LogP contribution in [-0.2, 0) is 12.1 Å². The standard InChI is InChI=1S/C28H34ClN7O.ClH/c1-18-14-19(2)24-21(15-18)16-23(27(37)30-24)25(26-31-32-33-36(26)28(3,4)5)35-12-10-34(11-13-35)17-20-6-8-22(29)9-7-20;/h6-9,14-16,25H,10-13,17H2,1-5H3,(H,30,37);1H. The number of halogens is 2. The summed E-state index contributed by atoms with van der Waals surface area (Å²) in [7, 11) is 0. The van der Waals surface area contributed by atoms with Crippen molar-refractivity contribution >= 4 is 34.9 Å². The molecule has 1 atom stereocenters. The van der Waals surface area contributed by atoms with Crippen molar-refractivity contribution in [2.24, 2.45) is 0 Å². The average Bonchev–Trinajstić information content (AvgIpc) is 3.33. The van der Waals surface area contributed by atoms with Gasteiger partial charge in [-0.2, -0.15) is 0 Å². The van der Waals surface area contributed by atoms with Gasteiger partial charge in [0.1, 0.15) is 6.04 Å². The number of hydrogen-bond acceptors (Lipinski definition) is 6. The lowest BCUT2D eigenvalue weighted by Crippen LogP contribution is -2.49. The number of nitrogens with zero attached hydrogens (tertiary/aromatic N) is 6. The Morgan fingerprint density at radius 2 is 1.71 bits per heavy atom. The molecule has 0 saturated carbocycles. The minimum Gasteiger partial charge on any atom is -0.321 e. The molecule has 0 bridgehead atoms. The monoisotopic (exact) mass is 555 g/mol. The van der Waals surface area contributed by atoms with Crippen LogP contribution in [0.1, 0.15) is 54.9 Å². The molecule has 4 aromatic rings. The van der Waals surface area contributed by atoms with Gasteiger partial charge in [0.15, 0.2) is 5.82 Å². The van der Waals surface area contributed by atoms with E-state index in [2.05, 4.69) is 82.3 Å². The maximum Gasteiger partial charge on any atom is 0.253 e. The van der Waals surface area contributed by atoms with E-state index >= 15 is 0 Å². The van der Waals surface area contributed by atoms with Gasteiger partial charge in [-0.3, -0.25) is 14.6 Å². The zero-order valence-electron chi connectivity index (χ0n) is 22.5. The molecule has 0 aliphatic carbocycles. The van der Waals surface area contributed by atoms with E-state index < -0.39 is 0 Å². The van der Waals surface area contributed by atoms with Crippen molar-refractivity contribution in [1.29, 1.82) is 0 Å². The summed E-state index contributed by atoms with van der Waals surface area (Å²) in [5.74, 6) is 0.688. The molecule has 1 saturated heterocycles. The van der Waals surface area contributed by atoms with Crippen LogP contribution < -0.4 is 5.56 Å². The van der Waals surface area contributed by atoms with Crippen molar-refractivity contribution < 1.29 is 0 Å². The van der Waals surface area contributed by atoms with Crippen LogP contribution >= 0.6 is 24.0 Å². The topological polar surface area (TPSA) is 82.9 Å². The lowest BCUT2D eigenvalue weighted by molar-refractivity contribution is 0.0975. The van der Waals surface area contributed by atoms with Gasteiger partial charge in [0, 0.05) is 43.3 Å². The van der Waals surface area contributed by atoms with Gasteiger partial charge in [0.2, 0.25) is 0 Å². The van der Waals surface area contributed by atoms with Crippen LogP contribution in [-0.4, -0.2) is 61.2 Å². The number of piperazine rings is 1. The van der Waals surface area contributed by atoms with Crippen LogP contribution in [0.4, 0.5) is 0 Å². The number of H-pyrrole nitrogens is 1. The summed E-state index contributed by atoms with van der Waals surface area (Å²) in [4.78, 5) is 21.5. The molecule has 2 aromatic carbocycles. The molecule has 3 heterocycles. The molecule has 8 nitrogen and oxygen atoms in total. The summed E-state index contributed by atoms with van der Waals surface area (Å²) in [5, 5.41) is 14.6. The zero-order chi connectivity index (χ0) is 26.3. The second-order valence-electron chi connectivity index (χ2n) is 11.1. The Kier molecular flexibility index (Phi) is 8.28. The van der Waals surface area contributed by atoms with Crippen LogP contribution in [0.25, 0.3) is 10.9 Å². The number of tetrazole rings is 1. The van der Waals surface area contributed by atoms with Gasteiger partial charge in [0.05, 0.1) is 11.1 Å². The smallest absolute Gasteiger partial charge is 0.253 e. The molecular weight excluding hydrogens is 521 g/mol. The SMILES string of the molecule is Cc1cc(C)c2[nH]c(=O)c(C(c3nnnn3C(C)(C)C)N3CCN(Cc4ccc(Cl)cc4)CC3)cc2c1.Cl. The third-order valence-electron chi connectivity index (χ3n) is 7.08. The molecule has 1 fully saturated rings. The fourth-order valence-electron chi connectivity index (χ4n) is 5.28. The molecule has 0 spiro atoms. The zero-order valence-corrected chi connectivity index (χ0v) is 24.1. The van der Waals surface area contributed by atoms with E-state index in [9.17, 15) is 4.79 Å². The van der Waals surface area contributed by atoms with Crippen LogP contribution in [0.15, 0.2) is 47.3 Å². The van der Waals surface area contributed by atoms with E-state index in [1.165, 1.54) is 5.56 Å². The molecule has 2 aromatic heterocycles. The van der Waals surface area contributed by atoms with Crippen LogP contribution in [0.2, 0.25) is 5.02 Å². The van der Waals surface area contributed by atoms with Gasteiger partial charge in [-0.25, -0.2) is 4.68 Å². The van der Waals surface area contributed by atoms with Gasteiger partial charge in [0.25, 0.3) is 5.56 Å². The normalized spacial score (nSPS) is 15.9. The molecule has 38 heavy (non-hydrogen) atoms. The third kappa shape index (κ3) is 5.78. The number of nitrogens with one attached hydrogen (secondary N) is 1. The number of aromatic nitrogens is 5. The average molecular weight is 557 g/mol. The second kappa shape index (κ2) is 11.1. The molecule has 202 valence electrons. The number of aromatic amines is 1. The first-order valence-electron chi connectivity index (χ1n) is 12.7. The van der Waals surface area contributed by atoms with E-state index in [4.69, 9.17) is 11.6 Å². The molecular formula is C28H35Cl2N7O. The lowest BCUT2D eigenvalue weighted by atomic mass is 9.99. The summed E-state index contributed by atoms with van der Waals surface area (Å²) >= 11 is 6.06. The molecule has 1 N–H and O–H groups in total. The van der Waals surface area contributed by atoms with Crippen molar-refractivity contribution in [3.05, 3.63) is 85.9 Å². The number of rotatable bonds is 5. The van der Waals surface area contributed by atoms with E-state index in [0.717, 1.165) is 59.8 Å². The first-order valence-corrected chi connectivity index (χ1v) is 13.1.